The van der Waals surface area contributed by atoms with Gasteiger partial charge in [-0.25, -0.2) is 0 Å². The molecule has 408 valence electrons. The molecule has 0 aliphatic heterocycles. The van der Waals surface area contributed by atoms with Crippen LogP contribution in [0, 0.1) is 0 Å². The molecule has 0 saturated carbocycles. The molecule has 2 N–H and O–H groups in total. The van der Waals surface area contributed by atoms with E-state index >= 15 is 0 Å². The second-order valence-electron chi connectivity index (χ2n) is 22.4. The third kappa shape index (κ3) is 53.3. The summed E-state index contributed by atoms with van der Waals surface area (Å²) in [6.07, 6.45) is 61.5. The summed E-state index contributed by atoms with van der Waals surface area (Å²) in [4.78, 5) is 25.5. The van der Waals surface area contributed by atoms with Gasteiger partial charge in [-0.1, -0.05) is 303 Å². The van der Waals surface area contributed by atoms with Gasteiger partial charge in [0, 0.05) is 6.42 Å². The molecule has 0 heterocycles. The van der Waals surface area contributed by atoms with Crippen molar-refractivity contribution in [2.24, 2.45) is 0 Å². The van der Waals surface area contributed by atoms with E-state index in [2.05, 4.69) is 19.2 Å². The van der Waals surface area contributed by atoms with Crippen LogP contribution in [0.15, 0.2) is 0 Å². The second-order valence-corrected chi connectivity index (χ2v) is 23.8. The molecule has 0 radical (unpaired) electrons. The molecule has 0 aliphatic rings. The van der Waals surface area contributed by atoms with Crippen molar-refractivity contribution in [2.45, 2.75) is 334 Å². The molecule has 0 saturated heterocycles. The number of hydrogen-bond donors (Lipinski definition) is 2. The van der Waals surface area contributed by atoms with Crippen molar-refractivity contribution in [2.75, 3.05) is 40.9 Å². The van der Waals surface area contributed by atoms with E-state index < -0.39 is 20.0 Å². The number of nitrogens with zero attached hydrogens (tertiary/aromatic N) is 1. The molecule has 9 heteroatoms. The summed E-state index contributed by atoms with van der Waals surface area (Å²) >= 11 is 0. The van der Waals surface area contributed by atoms with Crippen molar-refractivity contribution in [1.82, 2.24) is 5.32 Å². The number of phosphoric ester groups is 1. The summed E-state index contributed by atoms with van der Waals surface area (Å²) in [5.41, 5.74) is 0. The quantitative estimate of drug-likeness (QED) is 0.0357. The Labute approximate surface area is 425 Å². The van der Waals surface area contributed by atoms with E-state index in [1.807, 2.05) is 21.1 Å². The standard InChI is InChI=1S/C59H121N2O6P/c1-6-8-10-12-14-16-18-20-22-24-25-26-27-28-29-30-31-32-33-34-35-36-37-38-40-42-44-46-48-50-52-58(62)57(56-67-68(64,65)66-55-54-61(3,4)5)60-59(63)53-51-49-47-45-43-41-39-23-21-19-17-15-13-11-9-7-2/h57-58,62H,6-56H2,1-5H3,(H-,60,63,64,65). The Balaban J connectivity index is 4.01. The van der Waals surface area contributed by atoms with Crippen LogP contribution in [0.4, 0.5) is 0 Å². The number of phosphoric acid groups is 1. The van der Waals surface area contributed by atoms with E-state index in [-0.39, 0.29) is 19.1 Å². The largest absolute Gasteiger partial charge is 0.756 e. The molecule has 0 aliphatic carbocycles. The highest BCUT2D eigenvalue weighted by atomic mass is 31.2. The smallest absolute Gasteiger partial charge is 0.268 e. The first kappa shape index (κ1) is 67.5. The van der Waals surface area contributed by atoms with E-state index in [0.29, 0.717) is 23.9 Å². The van der Waals surface area contributed by atoms with Gasteiger partial charge in [-0.2, -0.15) is 0 Å². The van der Waals surface area contributed by atoms with Gasteiger partial charge in [0.1, 0.15) is 13.2 Å². The highest BCUT2D eigenvalue weighted by Crippen LogP contribution is 2.38. The average molecular weight is 986 g/mol. The molecular weight excluding hydrogens is 864 g/mol. The molecule has 0 rings (SSSR count). The van der Waals surface area contributed by atoms with Crippen LogP contribution in [0.25, 0.3) is 0 Å². The molecule has 0 fully saturated rings. The minimum absolute atomic E-state index is 0.0166. The topological polar surface area (TPSA) is 108 Å². The average Bonchev–Trinajstić information content (AvgIpc) is 3.30. The normalized spacial score (nSPS) is 13.8. The number of aliphatic hydroxyl groups excluding tert-OH is 1. The molecule has 1 amide bonds. The predicted molar refractivity (Wildman–Crippen MR) is 293 cm³/mol. The van der Waals surface area contributed by atoms with Crippen LogP contribution < -0.4 is 10.2 Å². The SMILES string of the molecule is CCCCCCCCCCCCCCCCCCCCCCCCCCCCCCCCC(O)C(COP(=O)([O-])OCC[N+](C)(C)C)NC(=O)CCCCCCCCCCCCCCCCCC. The third-order valence-corrected chi connectivity index (χ3v) is 15.3. The monoisotopic (exact) mass is 985 g/mol. The van der Waals surface area contributed by atoms with Gasteiger partial charge in [0.15, 0.2) is 0 Å². The van der Waals surface area contributed by atoms with Gasteiger partial charge in [0.05, 0.1) is 39.9 Å². The Kier molecular flexibility index (Phi) is 51.0. The van der Waals surface area contributed by atoms with E-state index in [4.69, 9.17) is 9.05 Å². The summed E-state index contributed by atoms with van der Waals surface area (Å²) < 4.78 is 23.4. The number of aliphatic hydroxyl groups is 1. The maximum Gasteiger partial charge on any atom is 0.268 e. The lowest BCUT2D eigenvalue weighted by molar-refractivity contribution is -0.870. The molecule has 68 heavy (non-hydrogen) atoms. The van der Waals surface area contributed by atoms with Crippen LogP contribution in [-0.4, -0.2) is 68.5 Å². The molecular formula is C59H121N2O6P. The zero-order valence-corrected chi connectivity index (χ0v) is 47.5. The Morgan fingerprint density at radius 1 is 0.456 bits per heavy atom. The molecule has 0 spiro atoms. The number of hydrogen-bond acceptors (Lipinski definition) is 6. The zero-order chi connectivity index (χ0) is 49.9. The molecule has 8 nitrogen and oxygen atoms in total. The van der Waals surface area contributed by atoms with E-state index in [9.17, 15) is 19.4 Å². The fourth-order valence-corrected chi connectivity index (χ4v) is 10.3. The number of likely N-dealkylation sites (N-methyl/N-ethyl adjacent to an activating group) is 1. The van der Waals surface area contributed by atoms with E-state index in [0.717, 1.165) is 38.5 Å². The van der Waals surface area contributed by atoms with Gasteiger partial charge in [-0.15, -0.1) is 0 Å². The van der Waals surface area contributed by atoms with Crippen LogP contribution in [0.3, 0.4) is 0 Å². The summed E-state index contributed by atoms with van der Waals surface area (Å²) in [5.74, 6) is -0.157. The Morgan fingerprint density at radius 3 is 1.00 bits per heavy atom. The van der Waals surface area contributed by atoms with E-state index in [1.54, 1.807) is 0 Å². The summed E-state index contributed by atoms with van der Waals surface area (Å²) in [6.45, 7) is 4.78. The fourth-order valence-electron chi connectivity index (χ4n) is 9.57. The highest BCUT2D eigenvalue weighted by molar-refractivity contribution is 7.45. The van der Waals surface area contributed by atoms with Gasteiger partial charge in [0.25, 0.3) is 7.82 Å². The second kappa shape index (κ2) is 51.4. The first-order valence-electron chi connectivity index (χ1n) is 30.4. The lowest BCUT2D eigenvalue weighted by Crippen LogP contribution is -2.46. The summed E-state index contributed by atoms with van der Waals surface area (Å²) in [5, 5.41) is 14.0. The number of quaternary nitrogens is 1. The van der Waals surface area contributed by atoms with Crippen molar-refractivity contribution in [3.63, 3.8) is 0 Å². The Morgan fingerprint density at radius 2 is 0.721 bits per heavy atom. The van der Waals surface area contributed by atoms with Crippen molar-refractivity contribution in [3.8, 4) is 0 Å². The highest BCUT2D eigenvalue weighted by Gasteiger charge is 2.24. The number of unbranched alkanes of at least 4 members (excludes halogenated alkanes) is 44. The van der Waals surface area contributed by atoms with Crippen molar-refractivity contribution < 1.29 is 32.9 Å². The molecule has 0 aromatic carbocycles. The van der Waals surface area contributed by atoms with Crippen LogP contribution in [0.2, 0.25) is 0 Å². The molecule has 3 atom stereocenters. The van der Waals surface area contributed by atoms with Crippen LogP contribution in [0.5, 0.6) is 0 Å². The molecule has 0 aromatic heterocycles. The molecule has 0 aromatic rings. The zero-order valence-electron chi connectivity index (χ0n) is 46.6. The van der Waals surface area contributed by atoms with Crippen molar-refractivity contribution in [3.05, 3.63) is 0 Å². The Hall–Kier alpha value is -0.500. The fraction of sp³-hybridized carbons (Fsp3) is 0.983. The number of nitrogens with one attached hydrogen (secondary N) is 1. The van der Waals surface area contributed by atoms with Gasteiger partial charge < -0.3 is 28.8 Å². The van der Waals surface area contributed by atoms with Gasteiger partial charge >= 0.3 is 0 Å². The minimum Gasteiger partial charge on any atom is -0.756 e. The van der Waals surface area contributed by atoms with Crippen LogP contribution in [-0.2, 0) is 18.4 Å². The number of carbonyl (C=O) groups excluding carboxylic acids is 1. The summed E-state index contributed by atoms with van der Waals surface area (Å²) in [6, 6.07) is -0.795. The minimum atomic E-state index is -4.57. The maximum absolute atomic E-state index is 13.0. The van der Waals surface area contributed by atoms with Gasteiger partial charge in [-0.3, -0.25) is 9.36 Å². The third-order valence-electron chi connectivity index (χ3n) is 14.3. The number of rotatable bonds is 57. The molecule has 0 bridgehead atoms. The number of carbonyl (C=O) groups is 1. The van der Waals surface area contributed by atoms with Gasteiger partial charge in [0.2, 0.25) is 5.91 Å². The van der Waals surface area contributed by atoms with Crippen LogP contribution in [0.1, 0.15) is 322 Å². The van der Waals surface area contributed by atoms with Crippen molar-refractivity contribution >= 4 is 13.7 Å². The number of amides is 1. The van der Waals surface area contributed by atoms with Crippen molar-refractivity contribution in [1.29, 1.82) is 0 Å². The first-order chi connectivity index (χ1) is 33.0. The van der Waals surface area contributed by atoms with E-state index in [1.165, 1.54) is 257 Å². The van der Waals surface area contributed by atoms with Crippen LogP contribution >= 0.6 is 7.82 Å². The lowest BCUT2D eigenvalue weighted by atomic mass is 10.0. The maximum atomic E-state index is 13.0. The summed E-state index contributed by atoms with van der Waals surface area (Å²) in [7, 11) is 1.33. The predicted octanol–water partition coefficient (Wildman–Crippen LogP) is 17.8. The Bertz CT molecular complexity index is 1070. The lowest BCUT2D eigenvalue weighted by Gasteiger charge is -2.30. The van der Waals surface area contributed by atoms with Gasteiger partial charge in [-0.05, 0) is 12.8 Å². The first-order valence-corrected chi connectivity index (χ1v) is 31.8. The molecule has 3 unspecified atom stereocenters.